The zero-order valence-corrected chi connectivity index (χ0v) is 19.9. The van der Waals surface area contributed by atoms with Gasteiger partial charge in [0.25, 0.3) is 0 Å². The van der Waals surface area contributed by atoms with Crippen molar-refractivity contribution in [2.75, 3.05) is 31.2 Å². The molecule has 0 bridgehead atoms. The van der Waals surface area contributed by atoms with Crippen LogP contribution in [0.5, 0.6) is 0 Å². The van der Waals surface area contributed by atoms with Crippen molar-refractivity contribution in [1.29, 1.82) is 0 Å². The van der Waals surface area contributed by atoms with E-state index in [4.69, 9.17) is 19.7 Å². The van der Waals surface area contributed by atoms with Gasteiger partial charge in [0.2, 0.25) is 5.95 Å². The molecule has 0 spiro atoms. The third-order valence-corrected chi connectivity index (χ3v) is 6.42. The summed E-state index contributed by atoms with van der Waals surface area (Å²) in [6, 6.07) is 37.6. The first-order valence-electron chi connectivity index (χ1n) is 12.2. The molecule has 5 nitrogen and oxygen atoms in total. The van der Waals surface area contributed by atoms with Gasteiger partial charge >= 0.3 is 0 Å². The number of nitrogens with zero attached hydrogens (tertiary/aromatic N) is 4. The van der Waals surface area contributed by atoms with Gasteiger partial charge in [0.15, 0.2) is 11.6 Å². The first-order chi connectivity index (χ1) is 17.8. The van der Waals surface area contributed by atoms with Gasteiger partial charge in [-0.25, -0.2) is 4.98 Å². The first-order valence-corrected chi connectivity index (χ1v) is 12.2. The summed E-state index contributed by atoms with van der Waals surface area (Å²) in [5.41, 5.74) is 6.64. The van der Waals surface area contributed by atoms with Crippen LogP contribution in [-0.2, 0) is 4.74 Å². The molecule has 0 atom stereocenters. The highest BCUT2D eigenvalue weighted by molar-refractivity contribution is 5.71. The molecule has 1 aliphatic rings. The Morgan fingerprint density at radius 1 is 0.444 bits per heavy atom. The summed E-state index contributed by atoms with van der Waals surface area (Å²) in [5, 5.41) is 0. The lowest BCUT2D eigenvalue weighted by Gasteiger charge is -2.27. The van der Waals surface area contributed by atoms with E-state index in [1.165, 1.54) is 22.3 Å². The lowest BCUT2D eigenvalue weighted by atomic mass is 10.0. The molecular formula is C31H26N4O. The number of ether oxygens (including phenoxy) is 1. The van der Waals surface area contributed by atoms with Crippen LogP contribution in [0, 0.1) is 0 Å². The second kappa shape index (κ2) is 10.1. The minimum Gasteiger partial charge on any atom is -0.378 e. The second-order valence-electron chi connectivity index (χ2n) is 8.77. The summed E-state index contributed by atoms with van der Waals surface area (Å²) in [7, 11) is 0. The molecule has 36 heavy (non-hydrogen) atoms. The molecule has 0 radical (unpaired) electrons. The van der Waals surface area contributed by atoms with Crippen molar-refractivity contribution < 1.29 is 4.74 Å². The van der Waals surface area contributed by atoms with E-state index in [0.29, 0.717) is 30.8 Å². The van der Waals surface area contributed by atoms with Crippen molar-refractivity contribution in [2.45, 2.75) is 0 Å². The second-order valence-corrected chi connectivity index (χ2v) is 8.77. The van der Waals surface area contributed by atoms with E-state index < -0.39 is 0 Å². The van der Waals surface area contributed by atoms with Crippen LogP contribution in [0.3, 0.4) is 0 Å². The predicted octanol–water partition coefficient (Wildman–Crippen LogP) is 6.38. The molecule has 0 amide bonds. The summed E-state index contributed by atoms with van der Waals surface area (Å²) in [6.07, 6.45) is 0. The average Bonchev–Trinajstić information content (AvgIpc) is 2.98. The Bertz CT molecular complexity index is 1330. The van der Waals surface area contributed by atoms with E-state index >= 15 is 0 Å². The number of anilines is 1. The Labute approximate surface area is 211 Å². The zero-order chi connectivity index (χ0) is 24.2. The highest BCUT2D eigenvalue weighted by Gasteiger charge is 2.18. The SMILES string of the molecule is c1ccc(-c2ccc(-c3nc(-c4ccc(-c5ccccc5)cc4)nc(N4CCOCC4)n3)cc2)cc1. The number of morpholine rings is 1. The van der Waals surface area contributed by atoms with Gasteiger partial charge in [0, 0.05) is 24.2 Å². The zero-order valence-electron chi connectivity index (χ0n) is 19.9. The topological polar surface area (TPSA) is 51.1 Å². The van der Waals surface area contributed by atoms with E-state index in [1.807, 2.05) is 12.1 Å². The summed E-state index contributed by atoms with van der Waals surface area (Å²) in [5.74, 6) is 2.04. The smallest absolute Gasteiger partial charge is 0.229 e. The third kappa shape index (κ3) is 4.74. The van der Waals surface area contributed by atoms with E-state index in [-0.39, 0.29) is 0 Å². The van der Waals surface area contributed by atoms with Crippen molar-refractivity contribution in [2.24, 2.45) is 0 Å². The number of aromatic nitrogens is 3. The van der Waals surface area contributed by atoms with Gasteiger partial charge in [-0.15, -0.1) is 0 Å². The molecular weight excluding hydrogens is 444 g/mol. The fraction of sp³-hybridized carbons (Fsp3) is 0.129. The monoisotopic (exact) mass is 470 g/mol. The van der Waals surface area contributed by atoms with Crippen molar-refractivity contribution in [3.05, 3.63) is 109 Å². The van der Waals surface area contributed by atoms with E-state index in [1.54, 1.807) is 0 Å². The maximum atomic E-state index is 5.55. The van der Waals surface area contributed by atoms with Crippen molar-refractivity contribution in [3.8, 4) is 45.0 Å². The van der Waals surface area contributed by atoms with Gasteiger partial charge in [0.05, 0.1) is 13.2 Å². The van der Waals surface area contributed by atoms with Gasteiger partial charge in [0.1, 0.15) is 0 Å². The quantitative estimate of drug-likeness (QED) is 0.298. The maximum absolute atomic E-state index is 5.55. The standard InChI is InChI=1S/C31H26N4O/c1-3-7-23(8-4-1)25-11-15-27(16-12-25)29-32-30(34-31(33-29)35-19-21-36-22-20-35)28-17-13-26(14-18-28)24-9-5-2-6-10-24/h1-18H,19-22H2. The Hall–Kier alpha value is -4.35. The highest BCUT2D eigenvalue weighted by atomic mass is 16.5. The summed E-state index contributed by atoms with van der Waals surface area (Å²) < 4.78 is 5.55. The fourth-order valence-electron chi connectivity index (χ4n) is 4.41. The molecule has 0 aliphatic carbocycles. The van der Waals surface area contributed by atoms with Crippen molar-refractivity contribution in [3.63, 3.8) is 0 Å². The average molecular weight is 471 g/mol. The van der Waals surface area contributed by atoms with Crippen LogP contribution < -0.4 is 4.90 Å². The Kier molecular flexibility index (Phi) is 6.21. The van der Waals surface area contributed by atoms with Gasteiger partial charge in [-0.3, -0.25) is 0 Å². The molecule has 2 heterocycles. The summed E-state index contributed by atoms with van der Waals surface area (Å²) >= 11 is 0. The fourth-order valence-corrected chi connectivity index (χ4v) is 4.41. The Morgan fingerprint density at radius 2 is 0.833 bits per heavy atom. The molecule has 176 valence electrons. The predicted molar refractivity (Wildman–Crippen MR) is 145 cm³/mol. The van der Waals surface area contributed by atoms with Crippen LogP contribution in [-0.4, -0.2) is 41.3 Å². The van der Waals surface area contributed by atoms with E-state index in [2.05, 4.69) is 102 Å². The molecule has 1 aliphatic heterocycles. The molecule has 0 N–H and O–H groups in total. The number of hydrogen-bond acceptors (Lipinski definition) is 5. The van der Waals surface area contributed by atoms with Crippen molar-refractivity contribution in [1.82, 2.24) is 15.0 Å². The van der Waals surface area contributed by atoms with Gasteiger partial charge in [-0.1, -0.05) is 109 Å². The largest absolute Gasteiger partial charge is 0.378 e. The molecule has 5 heteroatoms. The summed E-state index contributed by atoms with van der Waals surface area (Å²) in [6.45, 7) is 2.88. The lowest BCUT2D eigenvalue weighted by Crippen LogP contribution is -2.37. The van der Waals surface area contributed by atoms with E-state index in [0.717, 1.165) is 24.2 Å². The molecule has 1 saturated heterocycles. The molecule has 5 aromatic rings. The number of hydrogen-bond donors (Lipinski definition) is 0. The minimum atomic E-state index is 0.674. The minimum absolute atomic E-state index is 0.674. The molecule has 0 unspecified atom stereocenters. The molecule has 1 aromatic heterocycles. The Balaban J connectivity index is 1.37. The maximum Gasteiger partial charge on any atom is 0.229 e. The van der Waals surface area contributed by atoms with Gasteiger partial charge in [-0.05, 0) is 22.3 Å². The van der Waals surface area contributed by atoms with E-state index in [9.17, 15) is 0 Å². The first kappa shape index (κ1) is 22.1. The van der Waals surface area contributed by atoms with Crippen LogP contribution in [0.15, 0.2) is 109 Å². The lowest BCUT2D eigenvalue weighted by molar-refractivity contribution is 0.122. The normalized spacial score (nSPS) is 13.5. The van der Waals surface area contributed by atoms with Crippen LogP contribution in [0.25, 0.3) is 45.0 Å². The van der Waals surface area contributed by atoms with Gasteiger partial charge in [-0.2, -0.15) is 9.97 Å². The van der Waals surface area contributed by atoms with Gasteiger partial charge < -0.3 is 9.64 Å². The van der Waals surface area contributed by atoms with Crippen LogP contribution in [0.2, 0.25) is 0 Å². The third-order valence-electron chi connectivity index (χ3n) is 6.42. The summed E-state index contributed by atoms with van der Waals surface area (Å²) in [4.78, 5) is 16.8. The molecule has 0 saturated carbocycles. The Morgan fingerprint density at radius 3 is 1.28 bits per heavy atom. The number of rotatable bonds is 5. The van der Waals surface area contributed by atoms with Crippen molar-refractivity contribution >= 4 is 5.95 Å². The molecule has 4 aromatic carbocycles. The molecule has 6 rings (SSSR count). The van der Waals surface area contributed by atoms with Crippen LogP contribution in [0.1, 0.15) is 0 Å². The molecule has 1 fully saturated rings. The number of benzene rings is 4. The highest BCUT2D eigenvalue weighted by Crippen LogP contribution is 2.28. The van der Waals surface area contributed by atoms with Crippen LogP contribution in [0.4, 0.5) is 5.95 Å². The van der Waals surface area contributed by atoms with Crippen LogP contribution >= 0.6 is 0 Å².